The normalized spacial score (nSPS) is 12.2. The second kappa shape index (κ2) is 4.15. The van der Waals surface area contributed by atoms with Crippen molar-refractivity contribution in [2.24, 2.45) is 0 Å². The smallest absolute Gasteiger partial charge is 0.308 e. The van der Waals surface area contributed by atoms with E-state index in [0.29, 0.717) is 5.75 Å². The molecular weight excluding hydrogens is 192 g/mol. The van der Waals surface area contributed by atoms with Crippen LogP contribution in [0.15, 0.2) is 29.2 Å². The van der Waals surface area contributed by atoms with E-state index in [1.54, 1.807) is 0 Å². The van der Waals surface area contributed by atoms with Crippen LogP contribution in [0.5, 0.6) is 5.75 Å². The molecule has 0 aromatic heterocycles. The van der Waals surface area contributed by atoms with Crippen molar-refractivity contribution in [2.75, 3.05) is 0 Å². The van der Waals surface area contributed by atoms with Crippen LogP contribution in [0.1, 0.15) is 6.92 Å². The second-order valence-corrected chi connectivity index (χ2v) is 3.28. The summed E-state index contributed by atoms with van der Waals surface area (Å²) in [6, 6.07) is 5.78. The molecule has 5 heteroatoms. The van der Waals surface area contributed by atoms with Crippen LogP contribution < -0.4 is 4.74 Å². The molecule has 0 saturated carbocycles. The van der Waals surface area contributed by atoms with E-state index in [-0.39, 0.29) is 4.90 Å². The maximum absolute atomic E-state index is 10.5. The van der Waals surface area contributed by atoms with Crippen LogP contribution in [0.2, 0.25) is 0 Å². The molecule has 1 aromatic rings. The van der Waals surface area contributed by atoms with Crippen LogP contribution >= 0.6 is 0 Å². The summed E-state index contributed by atoms with van der Waals surface area (Å²) >= 11 is -1.99. The lowest BCUT2D eigenvalue weighted by molar-refractivity contribution is -0.131. The molecule has 1 N–H and O–H groups in total. The highest BCUT2D eigenvalue weighted by Gasteiger charge is 2.01. The van der Waals surface area contributed by atoms with Gasteiger partial charge in [0.15, 0.2) is 11.1 Å². The molecule has 0 bridgehead atoms. The Labute approximate surface area is 77.8 Å². The van der Waals surface area contributed by atoms with Gasteiger partial charge in [0.25, 0.3) is 0 Å². The number of ether oxygens (including phenoxy) is 1. The van der Waals surface area contributed by atoms with E-state index in [1.807, 2.05) is 0 Å². The molecule has 0 aliphatic rings. The Bertz CT molecular complexity index is 331. The van der Waals surface area contributed by atoms with E-state index in [1.165, 1.54) is 31.2 Å². The first-order chi connectivity index (χ1) is 6.09. The Kier molecular flexibility index (Phi) is 3.16. The van der Waals surface area contributed by atoms with Gasteiger partial charge in [-0.15, -0.1) is 0 Å². The highest BCUT2D eigenvalue weighted by Crippen LogP contribution is 2.13. The van der Waals surface area contributed by atoms with E-state index >= 15 is 0 Å². The number of benzene rings is 1. The van der Waals surface area contributed by atoms with Crippen molar-refractivity contribution in [1.82, 2.24) is 0 Å². The van der Waals surface area contributed by atoms with Crippen LogP contribution in [0.4, 0.5) is 0 Å². The lowest BCUT2D eigenvalue weighted by Crippen LogP contribution is -2.01. The minimum Gasteiger partial charge on any atom is -0.427 e. The molecule has 70 valence electrons. The molecule has 1 rings (SSSR count). The highest BCUT2D eigenvalue weighted by atomic mass is 32.2. The van der Waals surface area contributed by atoms with Gasteiger partial charge in [0.05, 0.1) is 4.90 Å². The van der Waals surface area contributed by atoms with Gasteiger partial charge in [0, 0.05) is 6.92 Å². The van der Waals surface area contributed by atoms with E-state index in [2.05, 4.69) is 0 Å². The van der Waals surface area contributed by atoms with Crippen LogP contribution in [0, 0.1) is 0 Å². The molecule has 0 amide bonds. The van der Waals surface area contributed by atoms with Crippen LogP contribution in [-0.4, -0.2) is 14.7 Å². The van der Waals surface area contributed by atoms with Crippen LogP contribution in [0.25, 0.3) is 0 Å². The van der Waals surface area contributed by atoms with Gasteiger partial charge >= 0.3 is 5.97 Å². The van der Waals surface area contributed by atoms with Crippen molar-refractivity contribution in [3.05, 3.63) is 24.3 Å². The van der Waals surface area contributed by atoms with Gasteiger partial charge < -0.3 is 9.29 Å². The first kappa shape index (κ1) is 9.88. The van der Waals surface area contributed by atoms with E-state index in [0.717, 1.165) is 0 Å². The summed E-state index contributed by atoms with van der Waals surface area (Å²) in [7, 11) is 0. The molecule has 4 nitrogen and oxygen atoms in total. The van der Waals surface area contributed by atoms with Gasteiger partial charge in [0.1, 0.15) is 5.75 Å². The van der Waals surface area contributed by atoms with E-state index < -0.39 is 17.0 Å². The zero-order valence-corrected chi connectivity index (χ0v) is 7.71. The summed E-state index contributed by atoms with van der Waals surface area (Å²) in [6.45, 7) is 1.29. The minimum absolute atomic E-state index is 0.274. The fraction of sp³-hybridized carbons (Fsp3) is 0.125. The van der Waals surface area contributed by atoms with Gasteiger partial charge in [-0.3, -0.25) is 4.79 Å². The van der Waals surface area contributed by atoms with Gasteiger partial charge in [-0.1, -0.05) is 0 Å². The lowest BCUT2D eigenvalue weighted by Gasteiger charge is -2.00. The van der Waals surface area contributed by atoms with E-state index in [4.69, 9.17) is 9.29 Å². The quantitative estimate of drug-likeness (QED) is 0.442. The van der Waals surface area contributed by atoms with E-state index in [9.17, 15) is 9.00 Å². The Morgan fingerprint density at radius 1 is 1.38 bits per heavy atom. The Morgan fingerprint density at radius 3 is 2.31 bits per heavy atom. The molecule has 0 saturated heterocycles. The maximum Gasteiger partial charge on any atom is 0.308 e. The van der Waals surface area contributed by atoms with Crippen molar-refractivity contribution in [3.63, 3.8) is 0 Å². The molecule has 0 fully saturated rings. The number of carbonyl (C=O) groups excluding carboxylic acids is 1. The average molecular weight is 200 g/mol. The zero-order chi connectivity index (χ0) is 9.84. The summed E-state index contributed by atoms with van der Waals surface area (Å²) in [6.07, 6.45) is 0. The summed E-state index contributed by atoms with van der Waals surface area (Å²) in [5, 5.41) is 0. The van der Waals surface area contributed by atoms with Crippen molar-refractivity contribution in [1.29, 1.82) is 0 Å². The van der Waals surface area contributed by atoms with Crippen molar-refractivity contribution >= 4 is 17.0 Å². The monoisotopic (exact) mass is 200 g/mol. The van der Waals surface area contributed by atoms with Gasteiger partial charge in [-0.2, -0.15) is 0 Å². The summed E-state index contributed by atoms with van der Waals surface area (Å²) in [5.41, 5.74) is 0. The third kappa shape index (κ3) is 2.96. The minimum atomic E-state index is -1.99. The highest BCUT2D eigenvalue weighted by molar-refractivity contribution is 7.79. The lowest BCUT2D eigenvalue weighted by atomic mass is 10.3. The molecule has 0 aliphatic heterocycles. The van der Waals surface area contributed by atoms with Crippen molar-refractivity contribution in [3.8, 4) is 5.75 Å². The fourth-order valence-corrected chi connectivity index (χ4v) is 1.16. The first-order valence-corrected chi connectivity index (χ1v) is 4.59. The topological polar surface area (TPSA) is 63.6 Å². The van der Waals surface area contributed by atoms with Crippen molar-refractivity contribution < 1.29 is 18.3 Å². The van der Waals surface area contributed by atoms with Crippen LogP contribution in [-0.2, 0) is 15.9 Å². The molecule has 1 unspecified atom stereocenters. The summed E-state index contributed by atoms with van der Waals surface area (Å²) in [5.74, 6) is -0.0560. The maximum atomic E-state index is 10.5. The standard InChI is InChI=1S/C8H8O4S/c1-6(9)12-7-2-4-8(5-3-7)13(10)11/h2-5H,1H3,(H,10,11). The molecule has 0 heterocycles. The largest absolute Gasteiger partial charge is 0.427 e. The summed E-state index contributed by atoms with van der Waals surface area (Å²) < 4.78 is 23.9. The van der Waals surface area contributed by atoms with Crippen LogP contribution in [0.3, 0.4) is 0 Å². The fourth-order valence-electron chi connectivity index (χ4n) is 0.790. The second-order valence-electron chi connectivity index (χ2n) is 2.31. The molecule has 0 aliphatic carbocycles. The van der Waals surface area contributed by atoms with Gasteiger partial charge in [-0.05, 0) is 24.3 Å². The molecule has 0 radical (unpaired) electrons. The zero-order valence-electron chi connectivity index (χ0n) is 6.89. The van der Waals surface area contributed by atoms with Gasteiger partial charge in [0.2, 0.25) is 0 Å². The average Bonchev–Trinajstić information content (AvgIpc) is 2.04. The molecule has 1 atom stereocenters. The molecule has 13 heavy (non-hydrogen) atoms. The predicted molar refractivity (Wildman–Crippen MR) is 46.8 cm³/mol. The Balaban J connectivity index is 2.81. The Morgan fingerprint density at radius 2 is 1.92 bits per heavy atom. The number of esters is 1. The summed E-state index contributed by atoms with van der Waals surface area (Å²) in [4.78, 5) is 10.8. The first-order valence-electron chi connectivity index (χ1n) is 3.49. The van der Waals surface area contributed by atoms with Crippen molar-refractivity contribution in [2.45, 2.75) is 11.8 Å². The Hall–Kier alpha value is -1.20. The number of hydrogen-bond donors (Lipinski definition) is 1. The van der Waals surface area contributed by atoms with Gasteiger partial charge in [-0.25, -0.2) is 4.21 Å². The number of rotatable bonds is 2. The number of carbonyl (C=O) groups is 1. The molecule has 0 spiro atoms. The number of hydrogen-bond acceptors (Lipinski definition) is 3. The molecular formula is C8H8O4S. The predicted octanol–water partition coefficient (Wildman–Crippen LogP) is 1.19. The third-order valence-corrected chi connectivity index (χ3v) is 1.96. The third-order valence-electron chi connectivity index (χ3n) is 1.29. The molecule has 1 aromatic carbocycles. The SMILES string of the molecule is CC(=O)Oc1ccc(S(=O)O)cc1.